The van der Waals surface area contributed by atoms with Crippen LogP contribution in [-0.4, -0.2) is 24.8 Å². The molecule has 0 amide bonds. The van der Waals surface area contributed by atoms with Crippen LogP contribution in [0, 0.1) is 5.92 Å². The first kappa shape index (κ1) is 12.9. The molecule has 3 aliphatic rings. The molecule has 1 unspecified atom stereocenters. The molecule has 2 heteroatoms. The molecule has 1 saturated heterocycles. The van der Waals surface area contributed by atoms with Crippen molar-refractivity contribution in [3.8, 4) is 0 Å². The third-order valence-electron chi connectivity index (χ3n) is 5.32. The smallest absolute Gasteiger partial charge is 0.0810 e. The number of rotatable bonds is 2. The van der Waals surface area contributed by atoms with Gasteiger partial charge in [-0.15, -0.1) is 0 Å². The maximum absolute atomic E-state index is 6.56. The molecule has 0 radical (unpaired) electrons. The summed E-state index contributed by atoms with van der Waals surface area (Å²) in [6.07, 6.45) is 15.8. The second kappa shape index (κ2) is 5.92. The fraction of sp³-hybridized carbons (Fsp3) is 1.00. The zero-order valence-electron chi connectivity index (χ0n) is 11.8. The Kier molecular flexibility index (Phi) is 4.25. The first-order chi connectivity index (χ1) is 8.86. The molecule has 2 nitrogen and oxygen atoms in total. The monoisotopic (exact) mass is 251 g/mol. The van der Waals surface area contributed by atoms with Gasteiger partial charge >= 0.3 is 0 Å². The Hall–Kier alpha value is -0.0800. The highest BCUT2D eigenvalue weighted by atomic mass is 16.5. The van der Waals surface area contributed by atoms with Gasteiger partial charge in [0, 0.05) is 13.1 Å². The number of hydrogen-bond donors (Lipinski definition) is 1. The average molecular weight is 251 g/mol. The van der Waals surface area contributed by atoms with Gasteiger partial charge in [-0.3, -0.25) is 0 Å². The molecule has 3 rings (SSSR count). The minimum atomic E-state index is 0.218. The van der Waals surface area contributed by atoms with Gasteiger partial charge in [-0.1, -0.05) is 51.4 Å². The zero-order valence-corrected chi connectivity index (χ0v) is 11.8. The van der Waals surface area contributed by atoms with Crippen molar-refractivity contribution in [2.75, 3.05) is 13.1 Å². The van der Waals surface area contributed by atoms with Crippen molar-refractivity contribution >= 4 is 0 Å². The minimum Gasteiger partial charge on any atom is -0.369 e. The van der Waals surface area contributed by atoms with Crippen LogP contribution < -0.4 is 5.32 Å². The van der Waals surface area contributed by atoms with Crippen molar-refractivity contribution in [2.24, 2.45) is 5.92 Å². The van der Waals surface area contributed by atoms with Crippen LogP contribution in [0.25, 0.3) is 0 Å². The number of hydrogen-bond acceptors (Lipinski definition) is 2. The summed E-state index contributed by atoms with van der Waals surface area (Å²) in [6.45, 7) is 2.20. The maximum atomic E-state index is 6.56. The largest absolute Gasteiger partial charge is 0.369 e. The molecule has 1 spiro atoms. The lowest BCUT2D eigenvalue weighted by Gasteiger charge is -2.45. The van der Waals surface area contributed by atoms with Crippen LogP contribution in [0.15, 0.2) is 0 Å². The number of morpholine rings is 1. The van der Waals surface area contributed by atoms with Gasteiger partial charge in [0.2, 0.25) is 0 Å². The number of ether oxygens (including phenoxy) is 1. The van der Waals surface area contributed by atoms with Crippen molar-refractivity contribution in [1.82, 2.24) is 5.32 Å². The SMILES string of the molecule is C1CCC(CC2CNCC3(CCCCC3)O2)CC1. The fourth-order valence-corrected chi connectivity index (χ4v) is 4.31. The Morgan fingerprint density at radius 3 is 2.44 bits per heavy atom. The highest BCUT2D eigenvalue weighted by molar-refractivity contribution is 4.92. The van der Waals surface area contributed by atoms with Crippen LogP contribution in [0.5, 0.6) is 0 Å². The molecular weight excluding hydrogens is 222 g/mol. The predicted molar refractivity (Wildman–Crippen MR) is 74.8 cm³/mol. The van der Waals surface area contributed by atoms with Gasteiger partial charge < -0.3 is 10.1 Å². The molecule has 0 aromatic heterocycles. The van der Waals surface area contributed by atoms with Crippen LogP contribution >= 0.6 is 0 Å². The van der Waals surface area contributed by atoms with Crippen molar-refractivity contribution < 1.29 is 4.74 Å². The standard InChI is InChI=1S/C16H29NO/c1-3-7-14(8-4-1)11-15-12-17-13-16(18-15)9-5-2-6-10-16/h14-15,17H,1-13H2. The summed E-state index contributed by atoms with van der Waals surface area (Å²) in [4.78, 5) is 0. The molecule has 104 valence electrons. The molecule has 18 heavy (non-hydrogen) atoms. The second-order valence-electron chi connectivity index (χ2n) is 6.85. The first-order valence-electron chi connectivity index (χ1n) is 8.25. The Bertz CT molecular complexity index is 248. The molecule has 0 aromatic carbocycles. The molecule has 1 atom stereocenters. The second-order valence-corrected chi connectivity index (χ2v) is 6.85. The van der Waals surface area contributed by atoms with Gasteiger partial charge in [0.25, 0.3) is 0 Å². The summed E-state index contributed by atoms with van der Waals surface area (Å²) in [5.74, 6) is 0.948. The summed E-state index contributed by atoms with van der Waals surface area (Å²) in [5.41, 5.74) is 0.218. The van der Waals surface area contributed by atoms with Crippen LogP contribution in [0.2, 0.25) is 0 Å². The molecule has 1 N–H and O–H groups in total. The molecule has 0 aromatic rings. The molecule has 0 bridgehead atoms. The van der Waals surface area contributed by atoms with Crippen LogP contribution in [-0.2, 0) is 4.74 Å². The Labute approximate surface area is 112 Å². The topological polar surface area (TPSA) is 21.3 Å². The summed E-state index contributed by atoms with van der Waals surface area (Å²) in [6, 6.07) is 0. The summed E-state index contributed by atoms with van der Waals surface area (Å²) < 4.78 is 6.56. The van der Waals surface area contributed by atoms with Crippen molar-refractivity contribution in [3.63, 3.8) is 0 Å². The van der Waals surface area contributed by atoms with Gasteiger partial charge in [0.05, 0.1) is 11.7 Å². The predicted octanol–water partition coefficient (Wildman–Crippen LogP) is 3.65. The van der Waals surface area contributed by atoms with E-state index in [1.54, 1.807) is 0 Å². The lowest BCUT2D eigenvalue weighted by Crippen LogP contribution is -2.55. The van der Waals surface area contributed by atoms with Gasteiger partial charge in [-0.25, -0.2) is 0 Å². The average Bonchev–Trinajstić information content (AvgIpc) is 2.41. The van der Waals surface area contributed by atoms with Gasteiger partial charge in [-0.2, -0.15) is 0 Å². The van der Waals surface area contributed by atoms with Gasteiger partial charge in [0.1, 0.15) is 0 Å². The third-order valence-corrected chi connectivity index (χ3v) is 5.32. The molecule has 1 aliphatic heterocycles. The first-order valence-corrected chi connectivity index (χ1v) is 8.25. The van der Waals surface area contributed by atoms with E-state index in [0.717, 1.165) is 19.0 Å². The summed E-state index contributed by atoms with van der Waals surface area (Å²) >= 11 is 0. The normalized spacial score (nSPS) is 33.7. The molecule has 2 aliphatic carbocycles. The van der Waals surface area contributed by atoms with Gasteiger partial charge in [0.15, 0.2) is 0 Å². The number of nitrogens with one attached hydrogen (secondary N) is 1. The molecular formula is C16H29NO. The quantitative estimate of drug-likeness (QED) is 0.809. The Morgan fingerprint density at radius 1 is 0.944 bits per heavy atom. The highest BCUT2D eigenvalue weighted by Crippen LogP contribution is 2.36. The molecule has 1 heterocycles. The summed E-state index contributed by atoms with van der Waals surface area (Å²) in [7, 11) is 0. The van der Waals surface area contributed by atoms with E-state index >= 15 is 0 Å². The van der Waals surface area contributed by atoms with Crippen LogP contribution in [0.4, 0.5) is 0 Å². The minimum absolute atomic E-state index is 0.218. The third kappa shape index (κ3) is 3.08. The lowest BCUT2D eigenvalue weighted by molar-refractivity contribution is -0.140. The molecule has 3 fully saturated rings. The van der Waals surface area contributed by atoms with Crippen molar-refractivity contribution in [1.29, 1.82) is 0 Å². The van der Waals surface area contributed by atoms with E-state index in [-0.39, 0.29) is 5.60 Å². The summed E-state index contributed by atoms with van der Waals surface area (Å²) in [5, 5.41) is 3.66. The van der Waals surface area contributed by atoms with E-state index < -0.39 is 0 Å². The van der Waals surface area contributed by atoms with E-state index in [1.807, 2.05) is 0 Å². The Balaban J connectivity index is 1.52. The van der Waals surface area contributed by atoms with E-state index in [0.29, 0.717) is 6.10 Å². The maximum Gasteiger partial charge on any atom is 0.0810 e. The van der Waals surface area contributed by atoms with Gasteiger partial charge in [-0.05, 0) is 25.2 Å². The van der Waals surface area contributed by atoms with Crippen LogP contribution in [0.3, 0.4) is 0 Å². The zero-order chi connectivity index (χ0) is 12.3. The van der Waals surface area contributed by atoms with Crippen LogP contribution in [0.1, 0.15) is 70.6 Å². The van der Waals surface area contributed by atoms with E-state index in [4.69, 9.17) is 4.74 Å². The van der Waals surface area contributed by atoms with E-state index in [9.17, 15) is 0 Å². The fourth-order valence-electron chi connectivity index (χ4n) is 4.31. The van der Waals surface area contributed by atoms with Crippen molar-refractivity contribution in [3.05, 3.63) is 0 Å². The van der Waals surface area contributed by atoms with E-state index in [1.165, 1.54) is 70.6 Å². The lowest BCUT2D eigenvalue weighted by atomic mass is 9.81. The van der Waals surface area contributed by atoms with Crippen molar-refractivity contribution in [2.45, 2.75) is 82.3 Å². The van der Waals surface area contributed by atoms with E-state index in [2.05, 4.69) is 5.32 Å². The highest BCUT2D eigenvalue weighted by Gasteiger charge is 2.38. The molecule has 2 saturated carbocycles. The Morgan fingerprint density at radius 2 is 1.67 bits per heavy atom.